The van der Waals surface area contributed by atoms with Gasteiger partial charge in [0.15, 0.2) is 5.69 Å². The summed E-state index contributed by atoms with van der Waals surface area (Å²) in [4.78, 5) is 12.9. The molecule has 0 radical (unpaired) electrons. The third-order valence-corrected chi connectivity index (χ3v) is 6.09. The zero-order valence-corrected chi connectivity index (χ0v) is 20.4. The monoisotopic (exact) mass is 513 g/mol. The zero-order valence-electron chi connectivity index (χ0n) is 19.7. The van der Waals surface area contributed by atoms with Crippen LogP contribution in [0.5, 0.6) is 5.75 Å². The number of alkyl halides is 3. The number of phenolic OH excluding ortho intramolecular Hbond substituents is 1. The fraction of sp³-hybridized carbons (Fsp3) is 0.185. The highest BCUT2D eigenvalue weighted by atomic mass is 35.5. The van der Waals surface area contributed by atoms with Crippen molar-refractivity contribution in [3.05, 3.63) is 94.1 Å². The summed E-state index contributed by atoms with van der Waals surface area (Å²) in [6.45, 7) is 5.65. The summed E-state index contributed by atoms with van der Waals surface area (Å²) >= 11 is 6.23. The van der Waals surface area contributed by atoms with Gasteiger partial charge in [-0.25, -0.2) is 4.68 Å². The number of phenols is 1. The smallest absolute Gasteiger partial charge is 0.435 e. The molecule has 5 nitrogen and oxygen atoms in total. The predicted octanol–water partition coefficient (Wildman–Crippen LogP) is 7.60. The maximum atomic E-state index is 13.4. The summed E-state index contributed by atoms with van der Waals surface area (Å²) < 4.78 is 41.5. The van der Waals surface area contributed by atoms with Crippen LogP contribution >= 0.6 is 11.6 Å². The van der Waals surface area contributed by atoms with Gasteiger partial charge in [0.1, 0.15) is 5.75 Å². The number of aromatic hydroxyl groups is 1. The number of nitrogens with zero attached hydrogens (tertiary/aromatic N) is 2. The van der Waals surface area contributed by atoms with E-state index in [9.17, 15) is 23.1 Å². The topological polar surface area (TPSA) is 67.2 Å². The number of carbonyl (C=O) groups is 1. The molecule has 9 heteroatoms. The average Bonchev–Trinajstić information content (AvgIpc) is 3.27. The van der Waals surface area contributed by atoms with Crippen LogP contribution in [0.1, 0.15) is 46.9 Å². The predicted molar refractivity (Wildman–Crippen MR) is 134 cm³/mol. The van der Waals surface area contributed by atoms with Gasteiger partial charge >= 0.3 is 6.18 Å². The molecule has 0 fully saturated rings. The molecule has 0 spiro atoms. The summed E-state index contributed by atoms with van der Waals surface area (Å²) in [7, 11) is 0. The van der Waals surface area contributed by atoms with Crippen LogP contribution < -0.4 is 5.32 Å². The normalized spacial score (nSPS) is 11.7. The summed E-state index contributed by atoms with van der Waals surface area (Å²) in [5.74, 6) is -0.163. The number of amides is 1. The first-order valence-corrected chi connectivity index (χ1v) is 11.5. The third kappa shape index (κ3) is 5.09. The largest absolute Gasteiger partial charge is 0.508 e. The van der Waals surface area contributed by atoms with Crippen molar-refractivity contribution in [1.82, 2.24) is 9.78 Å². The molecule has 4 aromatic rings. The molecule has 0 aliphatic carbocycles. The summed E-state index contributed by atoms with van der Waals surface area (Å²) in [5, 5.41) is 17.0. The fourth-order valence-corrected chi connectivity index (χ4v) is 4.04. The summed E-state index contributed by atoms with van der Waals surface area (Å²) in [5.41, 5.74) is 2.15. The van der Waals surface area contributed by atoms with Crippen LogP contribution in [0.3, 0.4) is 0 Å². The highest BCUT2D eigenvalue weighted by Crippen LogP contribution is 2.35. The van der Waals surface area contributed by atoms with Gasteiger partial charge < -0.3 is 10.4 Å². The molecule has 4 rings (SSSR count). The van der Waals surface area contributed by atoms with Crippen LogP contribution in [0.2, 0.25) is 5.02 Å². The van der Waals surface area contributed by atoms with E-state index >= 15 is 0 Å². The van der Waals surface area contributed by atoms with Gasteiger partial charge in [0.05, 0.1) is 16.4 Å². The van der Waals surface area contributed by atoms with Gasteiger partial charge in [-0.15, -0.1) is 0 Å². The maximum absolute atomic E-state index is 13.4. The number of benzene rings is 3. The van der Waals surface area contributed by atoms with E-state index < -0.39 is 11.9 Å². The van der Waals surface area contributed by atoms with Crippen molar-refractivity contribution in [3.63, 3.8) is 0 Å². The molecule has 0 unspecified atom stereocenters. The van der Waals surface area contributed by atoms with Gasteiger partial charge in [0.25, 0.3) is 5.91 Å². The molecule has 0 saturated carbocycles. The summed E-state index contributed by atoms with van der Waals surface area (Å²) in [6.07, 6.45) is -4.64. The van der Waals surface area contributed by atoms with Gasteiger partial charge in [-0.1, -0.05) is 49.7 Å². The molecule has 3 aromatic carbocycles. The molecule has 2 N–H and O–H groups in total. The van der Waals surface area contributed by atoms with Crippen LogP contribution in [-0.2, 0) is 6.18 Å². The molecule has 0 saturated heterocycles. The van der Waals surface area contributed by atoms with Crippen LogP contribution in [-0.4, -0.2) is 20.8 Å². The van der Waals surface area contributed by atoms with E-state index in [0.717, 1.165) is 10.7 Å². The van der Waals surface area contributed by atoms with Gasteiger partial charge in [-0.3, -0.25) is 4.79 Å². The van der Waals surface area contributed by atoms with E-state index in [4.69, 9.17) is 11.6 Å². The zero-order chi connectivity index (χ0) is 26.2. The van der Waals surface area contributed by atoms with Crippen molar-refractivity contribution >= 4 is 23.2 Å². The Bertz CT molecular complexity index is 1430. The minimum Gasteiger partial charge on any atom is -0.508 e. The molecule has 1 heterocycles. The first-order valence-electron chi connectivity index (χ1n) is 11.1. The number of rotatable bonds is 5. The highest BCUT2D eigenvalue weighted by Gasteiger charge is 2.35. The molecule has 36 heavy (non-hydrogen) atoms. The van der Waals surface area contributed by atoms with E-state index in [2.05, 4.69) is 10.4 Å². The molecule has 1 amide bonds. The van der Waals surface area contributed by atoms with Crippen LogP contribution in [0, 0.1) is 6.92 Å². The SMILES string of the molecule is Cc1cc(O)c(C(C)C)cc1NC(=O)c1ccc(-c2cc(C(F)(F)F)nn2-c2ccccc2Cl)cc1. The van der Waals surface area contributed by atoms with E-state index in [1.807, 2.05) is 13.8 Å². The number of halogens is 4. The number of aromatic nitrogens is 2. The molecule has 0 aliphatic rings. The Kier molecular flexibility index (Phi) is 6.82. The number of anilines is 1. The Morgan fingerprint density at radius 2 is 1.72 bits per heavy atom. The Morgan fingerprint density at radius 1 is 1.06 bits per heavy atom. The molecular formula is C27H23ClF3N3O2. The van der Waals surface area contributed by atoms with Crippen molar-refractivity contribution < 1.29 is 23.1 Å². The Labute approximate surface area is 211 Å². The van der Waals surface area contributed by atoms with Crippen LogP contribution in [0.4, 0.5) is 18.9 Å². The van der Waals surface area contributed by atoms with Gasteiger partial charge in [-0.05, 0) is 66.4 Å². The lowest BCUT2D eigenvalue weighted by Crippen LogP contribution is -2.13. The minimum atomic E-state index is -4.64. The van der Waals surface area contributed by atoms with Crippen molar-refractivity contribution in [1.29, 1.82) is 0 Å². The van der Waals surface area contributed by atoms with E-state index in [1.165, 1.54) is 12.1 Å². The summed E-state index contributed by atoms with van der Waals surface area (Å²) in [6, 6.07) is 16.9. The second-order valence-corrected chi connectivity index (χ2v) is 9.10. The fourth-order valence-electron chi connectivity index (χ4n) is 3.83. The Hall–Kier alpha value is -3.78. The van der Waals surface area contributed by atoms with E-state index in [0.29, 0.717) is 33.6 Å². The number of para-hydroxylation sites is 1. The molecule has 186 valence electrons. The van der Waals surface area contributed by atoms with Gasteiger partial charge in [0, 0.05) is 16.8 Å². The second kappa shape index (κ2) is 9.70. The number of nitrogens with one attached hydrogen (secondary N) is 1. The minimum absolute atomic E-state index is 0.0603. The molecule has 0 aliphatic heterocycles. The maximum Gasteiger partial charge on any atom is 0.435 e. The van der Waals surface area contributed by atoms with Crippen molar-refractivity contribution in [3.8, 4) is 22.7 Å². The standard InChI is InChI=1S/C27H23ClF3N3O2/c1-15(2)19-13-21(16(3)12-24(19)35)32-26(36)18-10-8-17(9-11-18)23-14-25(27(29,30)31)33-34(23)22-7-5-4-6-20(22)28/h4-15,35H,1-3H3,(H,32,36). The Morgan fingerprint density at radius 3 is 2.33 bits per heavy atom. The van der Waals surface area contributed by atoms with E-state index in [1.54, 1.807) is 55.5 Å². The lowest BCUT2D eigenvalue weighted by atomic mass is 9.99. The lowest BCUT2D eigenvalue weighted by Gasteiger charge is -2.15. The molecular weight excluding hydrogens is 491 g/mol. The number of aryl methyl sites for hydroxylation is 1. The van der Waals surface area contributed by atoms with Crippen LogP contribution in [0.25, 0.3) is 16.9 Å². The molecule has 0 bridgehead atoms. The number of hydrogen-bond acceptors (Lipinski definition) is 3. The molecule has 1 aromatic heterocycles. The Balaban J connectivity index is 1.67. The number of carbonyl (C=O) groups excluding carboxylic acids is 1. The van der Waals surface area contributed by atoms with Gasteiger partial charge in [0.2, 0.25) is 0 Å². The van der Waals surface area contributed by atoms with Crippen molar-refractivity contribution in [2.45, 2.75) is 32.9 Å². The second-order valence-electron chi connectivity index (χ2n) is 8.69. The van der Waals surface area contributed by atoms with Crippen molar-refractivity contribution in [2.75, 3.05) is 5.32 Å². The lowest BCUT2D eigenvalue weighted by molar-refractivity contribution is -0.141. The highest BCUT2D eigenvalue weighted by molar-refractivity contribution is 6.32. The number of hydrogen-bond donors (Lipinski definition) is 2. The van der Waals surface area contributed by atoms with Gasteiger partial charge in [-0.2, -0.15) is 18.3 Å². The third-order valence-electron chi connectivity index (χ3n) is 5.77. The first kappa shape index (κ1) is 25.3. The van der Waals surface area contributed by atoms with Crippen molar-refractivity contribution in [2.24, 2.45) is 0 Å². The van der Waals surface area contributed by atoms with Crippen LogP contribution in [0.15, 0.2) is 66.7 Å². The van der Waals surface area contributed by atoms with E-state index in [-0.39, 0.29) is 28.3 Å². The molecule has 0 atom stereocenters. The quantitative estimate of drug-likeness (QED) is 0.270. The average molecular weight is 514 g/mol. The first-order chi connectivity index (χ1) is 17.0.